The van der Waals surface area contributed by atoms with Crippen molar-refractivity contribution < 1.29 is 18.7 Å². The third-order valence-electron chi connectivity index (χ3n) is 5.08. The van der Waals surface area contributed by atoms with E-state index in [4.69, 9.17) is 4.74 Å². The van der Waals surface area contributed by atoms with Crippen LogP contribution in [-0.4, -0.2) is 48.1 Å². The third-order valence-corrected chi connectivity index (χ3v) is 5.08. The quantitative estimate of drug-likeness (QED) is 0.729. The normalized spacial score (nSPS) is 15.9. The van der Waals surface area contributed by atoms with Crippen molar-refractivity contribution in [3.8, 4) is 5.75 Å². The molecule has 30 heavy (non-hydrogen) atoms. The van der Waals surface area contributed by atoms with E-state index in [-0.39, 0.29) is 36.1 Å². The average Bonchev–Trinajstić information content (AvgIpc) is 3.18. The maximum atomic E-state index is 13.3. The lowest BCUT2D eigenvalue weighted by Crippen LogP contribution is -2.40. The summed E-state index contributed by atoms with van der Waals surface area (Å²) in [5.74, 6) is -0.286. The van der Waals surface area contributed by atoms with Gasteiger partial charge in [-0.3, -0.25) is 9.59 Å². The van der Waals surface area contributed by atoms with Gasteiger partial charge >= 0.3 is 0 Å². The van der Waals surface area contributed by atoms with E-state index in [1.54, 1.807) is 40.1 Å². The number of carbonyl (C=O) groups is 2. The lowest BCUT2D eigenvalue weighted by atomic mass is 9.97. The lowest BCUT2D eigenvalue weighted by Gasteiger charge is -2.26. The number of halogens is 1. The summed E-state index contributed by atoms with van der Waals surface area (Å²) in [6.07, 6.45) is 0.458. The highest BCUT2D eigenvalue weighted by Gasteiger charge is 2.35. The van der Waals surface area contributed by atoms with Crippen molar-refractivity contribution in [3.05, 3.63) is 65.5 Å². The summed E-state index contributed by atoms with van der Waals surface area (Å²) in [6.45, 7) is 3.51. The van der Waals surface area contributed by atoms with Gasteiger partial charge in [0.05, 0.1) is 18.9 Å². The van der Waals surface area contributed by atoms with Crippen molar-refractivity contribution >= 4 is 17.5 Å². The molecule has 7 heteroatoms. The summed E-state index contributed by atoms with van der Waals surface area (Å²) in [4.78, 5) is 26.8. The Balaban J connectivity index is 1.94. The maximum absolute atomic E-state index is 13.3. The van der Waals surface area contributed by atoms with E-state index in [2.05, 4.69) is 5.10 Å². The molecule has 0 N–H and O–H groups in total. The second-order valence-corrected chi connectivity index (χ2v) is 7.60. The molecule has 0 spiro atoms. The Kier molecular flexibility index (Phi) is 6.50. The Labute approximate surface area is 175 Å². The molecule has 1 aliphatic rings. The molecule has 0 aromatic heterocycles. The molecule has 0 bridgehead atoms. The number of para-hydroxylation sites is 1. The van der Waals surface area contributed by atoms with Crippen LogP contribution in [0.4, 0.5) is 4.39 Å². The Morgan fingerprint density at radius 3 is 2.50 bits per heavy atom. The minimum Gasteiger partial charge on any atom is -0.496 e. The molecule has 0 saturated heterocycles. The molecule has 1 aliphatic heterocycles. The summed E-state index contributed by atoms with van der Waals surface area (Å²) in [6, 6.07) is 13.1. The first kappa shape index (κ1) is 21.5. The summed E-state index contributed by atoms with van der Waals surface area (Å²) < 4.78 is 18.8. The Morgan fingerprint density at radius 2 is 1.87 bits per heavy atom. The lowest BCUT2D eigenvalue weighted by molar-refractivity contribution is -0.142. The zero-order valence-corrected chi connectivity index (χ0v) is 17.6. The molecular weight excluding hydrogens is 385 g/mol. The molecule has 1 heterocycles. The first-order chi connectivity index (χ1) is 14.3. The van der Waals surface area contributed by atoms with Crippen molar-refractivity contribution in [2.45, 2.75) is 26.3 Å². The van der Waals surface area contributed by atoms with E-state index < -0.39 is 0 Å². The number of likely N-dealkylation sites (N-methyl/N-ethyl adjacent to an activating group) is 1. The van der Waals surface area contributed by atoms with Gasteiger partial charge in [0, 0.05) is 24.9 Å². The van der Waals surface area contributed by atoms with Crippen molar-refractivity contribution in [3.63, 3.8) is 0 Å². The van der Waals surface area contributed by atoms with Crippen LogP contribution in [0.2, 0.25) is 0 Å². The van der Waals surface area contributed by atoms with E-state index in [0.717, 1.165) is 11.1 Å². The minimum absolute atomic E-state index is 0.0805. The number of carbonyl (C=O) groups excluding carboxylic acids is 2. The molecule has 0 aliphatic carbocycles. The van der Waals surface area contributed by atoms with Crippen LogP contribution in [0.25, 0.3) is 0 Å². The number of hydrogen-bond donors (Lipinski definition) is 0. The average molecular weight is 411 g/mol. The fraction of sp³-hybridized carbons (Fsp3) is 0.348. The number of amides is 2. The molecule has 1 atom stereocenters. The smallest absolute Gasteiger partial charge is 0.262 e. The molecule has 3 rings (SSSR count). The second kappa shape index (κ2) is 9.07. The van der Waals surface area contributed by atoms with Crippen molar-refractivity contribution in [2.24, 2.45) is 11.0 Å². The van der Waals surface area contributed by atoms with Crippen molar-refractivity contribution in [2.75, 3.05) is 20.7 Å². The zero-order valence-electron chi connectivity index (χ0n) is 17.6. The molecule has 0 radical (unpaired) electrons. The van der Waals surface area contributed by atoms with Gasteiger partial charge in [0.1, 0.15) is 18.1 Å². The predicted octanol–water partition coefficient (Wildman–Crippen LogP) is 3.63. The van der Waals surface area contributed by atoms with E-state index in [1.165, 1.54) is 22.0 Å². The number of hydrazone groups is 1. The number of methoxy groups -OCH3 is 1. The monoisotopic (exact) mass is 411 g/mol. The Morgan fingerprint density at radius 1 is 1.20 bits per heavy atom. The molecule has 2 aromatic carbocycles. The SMILES string of the molecule is COc1ccccc1[C@H]1CC(c2ccc(F)cc2)=NN1C(=O)CN(C)C(=O)C(C)C. The highest BCUT2D eigenvalue weighted by molar-refractivity contribution is 6.03. The Hall–Kier alpha value is -3.22. The number of hydrogen-bond acceptors (Lipinski definition) is 4. The van der Waals surface area contributed by atoms with Gasteiger partial charge in [-0.2, -0.15) is 5.10 Å². The van der Waals surface area contributed by atoms with Gasteiger partial charge in [-0.15, -0.1) is 0 Å². The van der Waals surface area contributed by atoms with Gasteiger partial charge in [-0.25, -0.2) is 9.40 Å². The largest absolute Gasteiger partial charge is 0.496 e. The van der Waals surface area contributed by atoms with E-state index in [0.29, 0.717) is 17.9 Å². The molecule has 6 nitrogen and oxygen atoms in total. The van der Waals surface area contributed by atoms with Crippen molar-refractivity contribution in [1.29, 1.82) is 0 Å². The first-order valence-corrected chi connectivity index (χ1v) is 9.85. The molecule has 0 unspecified atom stereocenters. The summed E-state index contributed by atoms with van der Waals surface area (Å²) in [5.41, 5.74) is 2.25. The predicted molar refractivity (Wildman–Crippen MR) is 113 cm³/mol. The number of benzene rings is 2. The van der Waals surface area contributed by atoms with Crippen LogP contribution in [-0.2, 0) is 9.59 Å². The fourth-order valence-corrected chi connectivity index (χ4v) is 3.54. The fourth-order valence-electron chi connectivity index (χ4n) is 3.54. The molecular formula is C23H26FN3O3. The van der Waals surface area contributed by atoms with E-state index in [1.807, 2.05) is 24.3 Å². The zero-order chi connectivity index (χ0) is 21.8. The topological polar surface area (TPSA) is 62.2 Å². The van der Waals surface area contributed by atoms with Crippen LogP contribution in [0.5, 0.6) is 5.75 Å². The standard InChI is InChI=1S/C23H26FN3O3/c1-15(2)23(29)26(3)14-22(28)27-20(18-7-5-6-8-21(18)30-4)13-19(25-27)16-9-11-17(24)12-10-16/h5-12,15,20H,13-14H2,1-4H3/t20-/m1/s1. The van der Waals surface area contributed by atoms with Crippen LogP contribution in [0.15, 0.2) is 53.6 Å². The molecule has 2 amide bonds. The number of nitrogens with zero attached hydrogens (tertiary/aromatic N) is 3. The second-order valence-electron chi connectivity index (χ2n) is 7.60. The summed E-state index contributed by atoms with van der Waals surface area (Å²) >= 11 is 0. The molecule has 0 saturated carbocycles. The van der Waals surface area contributed by atoms with Crippen molar-refractivity contribution in [1.82, 2.24) is 9.91 Å². The van der Waals surface area contributed by atoms with Crippen LogP contribution in [0.3, 0.4) is 0 Å². The Bertz CT molecular complexity index is 956. The third kappa shape index (κ3) is 4.50. The van der Waals surface area contributed by atoms with Crippen LogP contribution in [0.1, 0.15) is 37.4 Å². The summed E-state index contributed by atoms with van der Waals surface area (Å²) in [5, 5.41) is 5.98. The van der Waals surface area contributed by atoms with Gasteiger partial charge in [-0.1, -0.05) is 44.2 Å². The molecule has 158 valence electrons. The number of rotatable bonds is 6. The molecule has 0 fully saturated rings. The van der Waals surface area contributed by atoms with Gasteiger partial charge < -0.3 is 9.64 Å². The van der Waals surface area contributed by atoms with E-state index in [9.17, 15) is 14.0 Å². The molecule has 2 aromatic rings. The highest BCUT2D eigenvalue weighted by Crippen LogP contribution is 2.37. The van der Waals surface area contributed by atoms with Gasteiger partial charge in [0.25, 0.3) is 5.91 Å². The maximum Gasteiger partial charge on any atom is 0.262 e. The van der Waals surface area contributed by atoms with Gasteiger partial charge in [0.15, 0.2) is 0 Å². The van der Waals surface area contributed by atoms with Gasteiger partial charge in [0.2, 0.25) is 5.91 Å². The van der Waals surface area contributed by atoms with Crippen LogP contribution >= 0.6 is 0 Å². The number of ether oxygens (including phenoxy) is 1. The van der Waals surface area contributed by atoms with E-state index >= 15 is 0 Å². The highest BCUT2D eigenvalue weighted by atomic mass is 19.1. The minimum atomic E-state index is -0.378. The van der Waals surface area contributed by atoms with Crippen LogP contribution < -0.4 is 4.74 Å². The summed E-state index contributed by atoms with van der Waals surface area (Å²) in [7, 11) is 3.19. The first-order valence-electron chi connectivity index (χ1n) is 9.85. The van der Waals surface area contributed by atoms with Gasteiger partial charge in [-0.05, 0) is 23.8 Å². The van der Waals surface area contributed by atoms with Crippen LogP contribution in [0, 0.1) is 11.7 Å².